The molecule has 1 aromatic rings. The molecule has 1 aromatic carbocycles. The minimum atomic E-state index is -0.997. The molecule has 41 heavy (non-hydrogen) atoms. The highest BCUT2D eigenvalue weighted by atomic mass is 16.6. The SMILES string of the molecule is C=CC[C@@H](CC(=O)NCCOCCO)C(=O)NC1(COC(=O)[C@@H](CC=C)NC(=O)OCc2ccccc2)CCCC1. The van der Waals surface area contributed by atoms with E-state index in [0.29, 0.717) is 19.3 Å². The molecule has 3 amide bonds. The Labute approximate surface area is 241 Å². The number of carbonyl (C=O) groups excluding carboxylic acids is 4. The summed E-state index contributed by atoms with van der Waals surface area (Å²) in [5.74, 6) is -1.93. The van der Waals surface area contributed by atoms with Crippen LogP contribution in [-0.2, 0) is 35.2 Å². The van der Waals surface area contributed by atoms with Gasteiger partial charge >= 0.3 is 12.1 Å². The van der Waals surface area contributed by atoms with E-state index in [9.17, 15) is 19.2 Å². The van der Waals surface area contributed by atoms with Crippen LogP contribution in [0.15, 0.2) is 55.6 Å². The Kier molecular flexibility index (Phi) is 15.2. The van der Waals surface area contributed by atoms with E-state index in [-0.39, 0.29) is 64.2 Å². The molecule has 1 aliphatic rings. The highest BCUT2D eigenvalue weighted by Gasteiger charge is 2.39. The number of hydrogen-bond donors (Lipinski definition) is 4. The number of carbonyl (C=O) groups is 4. The van der Waals surface area contributed by atoms with Gasteiger partial charge in [0.15, 0.2) is 0 Å². The number of aliphatic hydroxyl groups is 1. The first-order valence-corrected chi connectivity index (χ1v) is 14.0. The number of nitrogens with one attached hydrogen (secondary N) is 3. The van der Waals surface area contributed by atoms with Gasteiger partial charge in [-0.15, -0.1) is 13.2 Å². The van der Waals surface area contributed by atoms with Crippen LogP contribution in [0.4, 0.5) is 4.79 Å². The van der Waals surface area contributed by atoms with Crippen molar-refractivity contribution in [1.29, 1.82) is 0 Å². The molecule has 0 aliphatic heterocycles. The molecular formula is C30H43N3O8. The van der Waals surface area contributed by atoms with Gasteiger partial charge in [0.2, 0.25) is 11.8 Å². The Morgan fingerprint density at radius 2 is 1.71 bits per heavy atom. The topological polar surface area (TPSA) is 152 Å². The number of alkyl carbamates (subject to hydrolysis) is 1. The van der Waals surface area contributed by atoms with Crippen LogP contribution in [0.1, 0.15) is 50.5 Å². The molecule has 2 rings (SSSR count). The van der Waals surface area contributed by atoms with Crippen LogP contribution in [0.25, 0.3) is 0 Å². The van der Waals surface area contributed by atoms with Crippen molar-refractivity contribution in [2.45, 2.75) is 63.1 Å². The molecular weight excluding hydrogens is 530 g/mol. The Morgan fingerprint density at radius 3 is 2.37 bits per heavy atom. The average molecular weight is 574 g/mol. The molecule has 226 valence electrons. The maximum Gasteiger partial charge on any atom is 0.408 e. The lowest BCUT2D eigenvalue weighted by atomic mass is 9.94. The van der Waals surface area contributed by atoms with Gasteiger partial charge in [-0.2, -0.15) is 0 Å². The lowest BCUT2D eigenvalue weighted by molar-refractivity contribution is -0.149. The van der Waals surface area contributed by atoms with Gasteiger partial charge in [-0.25, -0.2) is 9.59 Å². The number of aliphatic hydroxyl groups excluding tert-OH is 1. The molecule has 0 saturated heterocycles. The minimum Gasteiger partial charge on any atom is -0.462 e. The quantitative estimate of drug-likeness (QED) is 0.112. The molecule has 0 heterocycles. The fourth-order valence-electron chi connectivity index (χ4n) is 4.53. The van der Waals surface area contributed by atoms with Crippen LogP contribution in [0.5, 0.6) is 0 Å². The van der Waals surface area contributed by atoms with Crippen molar-refractivity contribution in [2.75, 3.05) is 33.0 Å². The second-order valence-electron chi connectivity index (χ2n) is 9.98. The summed E-state index contributed by atoms with van der Waals surface area (Å²) in [6.45, 7) is 7.96. The van der Waals surface area contributed by atoms with Crippen LogP contribution >= 0.6 is 0 Å². The van der Waals surface area contributed by atoms with Crippen molar-refractivity contribution >= 4 is 23.9 Å². The highest BCUT2D eigenvalue weighted by Crippen LogP contribution is 2.31. The van der Waals surface area contributed by atoms with Crippen LogP contribution in [-0.4, -0.2) is 73.5 Å². The average Bonchev–Trinajstić information content (AvgIpc) is 3.43. The molecule has 11 heteroatoms. The van der Waals surface area contributed by atoms with Crippen LogP contribution in [0.2, 0.25) is 0 Å². The second-order valence-corrected chi connectivity index (χ2v) is 9.98. The molecule has 4 N–H and O–H groups in total. The van der Waals surface area contributed by atoms with E-state index in [1.165, 1.54) is 6.08 Å². The van der Waals surface area contributed by atoms with Crippen molar-refractivity contribution in [2.24, 2.45) is 5.92 Å². The summed E-state index contributed by atoms with van der Waals surface area (Å²) < 4.78 is 16.0. The summed E-state index contributed by atoms with van der Waals surface area (Å²) in [4.78, 5) is 50.9. The predicted molar refractivity (Wildman–Crippen MR) is 153 cm³/mol. The zero-order valence-corrected chi connectivity index (χ0v) is 23.6. The van der Waals surface area contributed by atoms with Gasteiger partial charge in [0.05, 0.1) is 31.3 Å². The maximum absolute atomic E-state index is 13.2. The van der Waals surface area contributed by atoms with Crippen molar-refractivity contribution in [3.8, 4) is 0 Å². The minimum absolute atomic E-state index is 0.0376. The monoisotopic (exact) mass is 573 g/mol. The number of esters is 1. The van der Waals surface area contributed by atoms with E-state index in [4.69, 9.17) is 19.3 Å². The molecule has 0 radical (unpaired) electrons. The maximum atomic E-state index is 13.2. The smallest absolute Gasteiger partial charge is 0.408 e. The van der Waals surface area contributed by atoms with Crippen molar-refractivity contribution in [3.05, 3.63) is 61.2 Å². The van der Waals surface area contributed by atoms with E-state index >= 15 is 0 Å². The zero-order chi connectivity index (χ0) is 29.9. The Bertz CT molecular complexity index is 995. The molecule has 0 bridgehead atoms. The molecule has 1 aliphatic carbocycles. The summed E-state index contributed by atoms with van der Waals surface area (Å²) in [6, 6.07) is 8.16. The van der Waals surface area contributed by atoms with E-state index in [1.807, 2.05) is 30.3 Å². The Morgan fingerprint density at radius 1 is 1.00 bits per heavy atom. The fourth-order valence-corrected chi connectivity index (χ4v) is 4.53. The van der Waals surface area contributed by atoms with Gasteiger partial charge in [-0.1, -0.05) is 55.3 Å². The molecule has 1 fully saturated rings. The molecule has 11 nitrogen and oxygen atoms in total. The third-order valence-electron chi connectivity index (χ3n) is 6.69. The van der Waals surface area contributed by atoms with Gasteiger partial charge in [0.1, 0.15) is 19.3 Å². The Hall–Kier alpha value is -3.70. The summed E-state index contributed by atoms with van der Waals surface area (Å²) >= 11 is 0. The van der Waals surface area contributed by atoms with Crippen LogP contribution in [0.3, 0.4) is 0 Å². The summed E-state index contributed by atoms with van der Waals surface area (Å²) in [5.41, 5.74) is 0.0385. The molecule has 1 saturated carbocycles. The molecule has 0 aromatic heterocycles. The highest BCUT2D eigenvalue weighted by molar-refractivity contribution is 5.86. The van der Waals surface area contributed by atoms with Crippen molar-refractivity contribution in [3.63, 3.8) is 0 Å². The number of allylic oxidation sites excluding steroid dienone is 1. The van der Waals surface area contributed by atoms with Crippen LogP contribution < -0.4 is 16.0 Å². The summed E-state index contributed by atoms with van der Waals surface area (Å²) in [7, 11) is 0. The standard InChI is InChI=1S/C30H43N3O8/c1-3-10-24(20-26(35)31-16-18-39-19-17-34)27(36)33-30(14-8-9-15-30)22-41-28(37)25(11-4-2)32-29(38)40-21-23-12-6-5-7-13-23/h3-7,12-13,24-25,34H,1-2,8-11,14-22H2,(H,31,35)(H,32,38)(H,33,36)/t24-,25+/m0/s1. The van der Waals surface area contributed by atoms with E-state index in [0.717, 1.165) is 18.4 Å². The van der Waals surface area contributed by atoms with E-state index < -0.39 is 29.6 Å². The van der Waals surface area contributed by atoms with Crippen LogP contribution in [0, 0.1) is 5.92 Å². The van der Waals surface area contributed by atoms with Crippen molar-refractivity contribution < 1.29 is 38.5 Å². The van der Waals surface area contributed by atoms with Crippen molar-refractivity contribution in [1.82, 2.24) is 16.0 Å². The number of rotatable bonds is 19. The summed E-state index contributed by atoms with van der Waals surface area (Å²) in [6.07, 6.45) is 5.64. The first kappa shape index (κ1) is 33.5. The normalized spacial score (nSPS) is 15.1. The van der Waals surface area contributed by atoms with E-state index in [1.54, 1.807) is 6.08 Å². The third-order valence-corrected chi connectivity index (χ3v) is 6.69. The number of ether oxygens (including phenoxy) is 3. The molecule has 0 spiro atoms. The first-order chi connectivity index (χ1) is 19.8. The molecule has 2 atom stereocenters. The van der Waals surface area contributed by atoms with E-state index in [2.05, 4.69) is 29.1 Å². The number of hydrogen-bond acceptors (Lipinski definition) is 8. The first-order valence-electron chi connectivity index (χ1n) is 14.0. The van der Waals surface area contributed by atoms with Gasteiger partial charge in [0, 0.05) is 13.0 Å². The lowest BCUT2D eigenvalue weighted by Crippen LogP contribution is -2.53. The number of benzene rings is 1. The van der Waals surface area contributed by atoms with Gasteiger partial charge in [-0.05, 0) is 31.2 Å². The zero-order valence-electron chi connectivity index (χ0n) is 23.6. The second kappa shape index (κ2) is 18.6. The largest absolute Gasteiger partial charge is 0.462 e. The Balaban J connectivity index is 1.92. The summed E-state index contributed by atoms with van der Waals surface area (Å²) in [5, 5.41) is 17.0. The van der Waals surface area contributed by atoms with Gasteiger partial charge in [-0.3, -0.25) is 9.59 Å². The number of amides is 3. The van der Waals surface area contributed by atoms with Gasteiger partial charge < -0.3 is 35.3 Å². The molecule has 0 unspecified atom stereocenters. The van der Waals surface area contributed by atoms with Gasteiger partial charge in [0.25, 0.3) is 0 Å². The lowest BCUT2D eigenvalue weighted by Gasteiger charge is -2.32. The fraction of sp³-hybridized carbons (Fsp3) is 0.533. The predicted octanol–water partition coefficient (Wildman–Crippen LogP) is 2.54. The third kappa shape index (κ3) is 12.6.